The van der Waals surface area contributed by atoms with Crippen LogP contribution in [0.15, 0.2) is 35.3 Å². The summed E-state index contributed by atoms with van der Waals surface area (Å²) in [7, 11) is -3.91. The zero-order chi connectivity index (χ0) is 25.0. The number of hydrogen-bond acceptors (Lipinski definition) is 9. The van der Waals surface area contributed by atoms with E-state index in [9.17, 15) is 14.5 Å². The van der Waals surface area contributed by atoms with Gasteiger partial charge in [0, 0.05) is 19.0 Å². The van der Waals surface area contributed by atoms with E-state index in [1.165, 1.54) is 4.57 Å². The Kier molecular flexibility index (Phi) is 6.48. The number of H-pyrrole nitrogens is 1. The Bertz CT molecular complexity index is 1380. The maximum Gasteiger partial charge on any atom is 0.475 e. The van der Waals surface area contributed by atoms with Crippen molar-refractivity contribution in [3.63, 3.8) is 0 Å². The van der Waals surface area contributed by atoms with E-state index in [2.05, 4.69) is 9.97 Å². The van der Waals surface area contributed by atoms with Gasteiger partial charge in [0.05, 0.1) is 40.9 Å². The minimum absolute atomic E-state index is 0.0544. The van der Waals surface area contributed by atoms with E-state index in [-0.39, 0.29) is 31.2 Å². The molecule has 4 N–H and O–H groups in total. The third-order valence-corrected chi connectivity index (χ3v) is 8.18. The van der Waals surface area contributed by atoms with Crippen LogP contribution >= 0.6 is 31.0 Å². The highest BCUT2D eigenvalue weighted by atomic mass is 35.5. The van der Waals surface area contributed by atoms with Gasteiger partial charge >= 0.3 is 7.82 Å². The highest BCUT2D eigenvalue weighted by molar-refractivity contribution is 7.48. The molecule has 35 heavy (non-hydrogen) atoms. The van der Waals surface area contributed by atoms with Crippen LogP contribution in [0.2, 0.25) is 10.0 Å². The largest absolute Gasteiger partial charge is 0.475 e. The highest BCUT2D eigenvalue weighted by Crippen LogP contribution is 2.57. The molecule has 11 nitrogen and oxygen atoms in total. The van der Waals surface area contributed by atoms with Crippen molar-refractivity contribution in [2.45, 2.75) is 43.8 Å². The number of aromatic amines is 1. The van der Waals surface area contributed by atoms with Crippen LogP contribution in [0.4, 0.5) is 5.95 Å². The van der Waals surface area contributed by atoms with Crippen molar-refractivity contribution in [3.8, 4) is 0 Å². The molecule has 0 spiro atoms. The van der Waals surface area contributed by atoms with Crippen LogP contribution in [-0.4, -0.2) is 44.6 Å². The van der Waals surface area contributed by atoms with E-state index >= 15 is 0 Å². The average Bonchev–Trinajstić information content (AvgIpc) is 3.34. The Morgan fingerprint density at radius 3 is 2.94 bits per heavy atom. The third kappa shape index (κ3) is 4.87. The molecule has 5 rings (SSSR count). The van der Waals surface area contributed by atoms with Gasteiger partial charge in [-0.2, -0.15) is 4.98 Å². The van der Waals surface area contributed by atoms with E-state index in [1.807, 2.05) is 0 Å². The van der Waals surface area contributed by atoms with Crippen molar-refractivity contribution in [1.82, 2.24) is 14.5 Å². The predicted molar refractivity (Wildman–Crippen MR) is 128 cm³/mol. The number of fused-ring (bicyclic) bond motifs is 1. The number of nitrogen functional groups attached to an aromatic ring is 1. The highest BCUT2D eigenvalue weighted by Gasteiger charge is 2.47. The number of rotatable bonds is 5. The molecule has 0 saturated carbocycles. The lowest BCUT2D eigenvalue weighted by Gasteiger charge is -2.29. The molecule has 2 saturated heterocycles. The van der Waals surface area contributed by atoms with Gasteiger partial charge in [-0.05, 0) is 30.7 Å². The van der Waals surface area contributed by atoms with Gasteiger partial charge < -0.3 is 20.1 Å². The zero-order valence-electron chi connectivity index (χ0n) is 18.5. The quantitative estimate of drug-likeness (QED) is 0.405. The molecule has 4 heterocycles. The van der Waals surface area contributed by atoms with Gasteiger partial charge in [0.1, 0.15) is 5.60 Å². The Balaban J connectivity index is 1.29. The molecule has 188 valence electrons. The van der Waals surface area contributed by atoms with Gasteiger partial charge in [-0.15, -0.1) is 0 Å². The number of aromatic nitrogens is 3. The van der Waals surface area contributed by atoms with Crippen molar-refractivity contribution in [3.05, 3.63) is 56.4 Å². The van der Waals surface area contributed by atoms with Gasteiger partial charge in [-0.1, -0.05) is 29.3 Å². The molecule has 1 unspecified atom stereocenters. The number of anilines is 1. The summed E-state index contributed by atoms with van der Waals surface area (Å²) in [5.41, 5.74) is 4.92. The molecule has 5 atom stereocenters. The molecule has 14 heteroatoms. The lowest BCUT2D eigenvalue weighted by molar-refractivity contribution is -0.0866. The molecule has 3 aromatic rings. The topological polar surface area (TPSA) is 151 Å². The third-order valence-electron chi connectivity index (χ3n) is 5.97. The lowest BCUT2D eigenvalue weighted by atomic mass is 10.0. The second kappa shape index (κ2) is 9.17. The summed E-state index contributed by atoms with van der Waals surface area (Å²) in [6.07, 6.45) is 0.122. The fraction of sp³-hybridized carbons (Fsp3) is 0.429. The summed E-state index contributed by atoms with van der Waals surface area (Å²) >= 11 is 12.1. The fourth-order valence-electron chi connectivity index (χ4n) is 4.34. The second-order valence-corrected chi connectivity index (χ2v) is 11.2. The van der Waals surface area contributed by atoms with Crippen LogP contribution in [0.3, 0.4) is 0 Å². The molecular weight excluding hydrogens is 522 g/mol. The Labute approximate surface area is 209 Å². The second-order valence-electron chi connectivity index (χ2n) is 8.72. The van der Waals surface area contributed by atoms with Crippen LogP contribution in [-0.2, 0) is 22.9 Å². The molecule has 0 radical (unpaired) electrons. The Morgan fingerprint density at radius 2 is 2.17 bits per heavy atom. The van der Waals surface area contributed by atoms with Gasteiger partial charge in [0.25, 0.3) is 5.56 Å². The molecule has 0 aliphatic carbocycles. The van der Waals surface area contributed by atoms with Crippen LogP contribution in [0, 0.1) is 0 Å². The molecule has 2 fully saturated rings. The van der Waals surface area contributed by atoms with E-state index in [0.29, 0.717) is 27.4 Å². The summed E-state index contributed by atoms with van der Waals surface area (Å²) in [6, 6.07) is 6.59. The summed E-state index contributed by atoms with van der Waals surface area (Å²) in [4.78, 5) is 18.7. The van der Waals surface area contributed by atoms with E-state index in [1.54, 1.807) is 37.4 Å². The average molecular weight is 545 g/mol. The summed E-state index contributed by atoms with van der Waals surface area (Å²) in [5.74, 6) is -0.0544. The number of phosphoric acid groups is 1. The number of phosphoric ester groups is 1. The fourth-order valence-corrected chi connectivity index (χ4v) is 6.06. The van der Waals surface area contributed by atoms with Gasteiger partial charge in [-0.3, -0.25) is 23.3 Å². The maximum absolute atomic E-state index is 13.1. The van der Waals surface area contributed by atoms with Gasteiger partial charge in [-0.25, -0.2) is 4.57 Å². The number of nitrogens with one attached hydrogen (secondary N) is 1. The van der Waals surface area contributed by atoms with Crippen molar-refractivity contribution >= 4 is 48.0 Å². The first-order chi connectivity index (χ1) is 16.5. The summed E-state index contributed by atoms with van der Waals surface area (Å²) in [6.45, 7) is 1.59. The molecule has 0 amide bonds. The molecule has 2 aliphatic rings. The zero-order valence-corrected chi connectivity index (χ0v) is 20.9. The first-order valence-electron chi connectivity index (χ1n) is 10.8. The maximum atomic E-state index is 13.1. The first kappa shape index (κ1) is 24.7. The predicted octanol–water partition coefficient (Wildman–Crippen LogP) is 3.96. The van der Waals surface area contributed by atoms with Crippen LogP contribution in [0.1, 0.15) is 37.7 Å². The van der Waals surface area contributed by atoms with Crippen molar-refractivity contribution in [1.29, 1.82) is 0 Å². The van der Waals surface area contributed by atoms with E-state index < -0.39 is 37.4 Å². The number of ether oxygens (including phenoxy) is 1. The first-order valence-corrected chi connectivity index (χ1v) is 13.0. The van der Waals surface area contributed by atoms with Crippen LogP contribution < -0.4 is 11.3 Å². The minimum Gasteiger partial charge on any atom is -0.385 e. The monoisotopic (exact) mass is 544 g/mol. The number of nitrogens with two attached hydrogens (primary N) is 1. The van der Waals surface area contributed by atoms with E-state index in [0.717, 1.165) is 0 Å². The van der Waals surface area contributed by atoms with Crippen LogP contribution in [0.5, 0.6) is 0 Å². The normalized spacial score (nSPS) is 31.3. The number of aliphatic hydroxyl groups is 1. The minimum atomic E-state index is -3.91. The number of hydrogen-bond donors (Lipinski definition) is 3. The number of halogens is 2. The lowest BCUT2D eigenvalue weighted by Crippen LogP contribution is -2.32. The SMILES string of the molecule is C[C@@]1(O)C[C@@H](COP2(=O)OCC[C@H](c3ccc(Cl)c(Cl)c3)O2)O[C@H]1n1ccc2c(=O)[nH]c(N)nc21. The van der Waals surface area contributed by atoms with Crippen molar-refractivity contribution in [2.75, 3.05) is 18.9 Å². The molecule has 2 aliphatic heterocycles. The Hall–Kier alpha value is -1.95. The van der Waals surface area contributed by atoms with Crippen LogP contribution in [0.25, 0.3) is 11.0 Å². The Morgan fingerprint density at radius 1 is 1.37 bits per heavy atom. The van der Waals surface area contributed by atoms with E-state index in [4.69, 9.17) is 47.2 Å². The van der Waals surface area contributed by atoms with Crippen molar-refractivity contribution in [2.24, 2.45) is 0 Å². The molecule has 1 aromatic carbocycles. The number of nitrogens with zero attached hydrogens (tertiary/aromatic N) is 2. The number of benzene rings is 1. The molecular formula is C21H23Cl2N4O7P. The standard InChI is InChI=1S/C21H23Cl2N4O7P/c1-21(29)9-12(33-19(21)27-6-4-13-17(27)25-20(24)26-18(13)28)10-32-35(30)31-7-5-16(34-35)11-2-3-14(22)15(23)8-11/h2-4,6,8,12,16,19,29H,5,7,9-10H2,1H3,(H3,24,25,26,28)/t12-,16+,19+,21+,35?/m0/s1. The smallest absolute Gasteiger partial charge is 0.385 e. The van der Waals surface area contributed by atoms with Gasteiger partial charge in [0.2, 0.25) is 5.95 Å². The summed E-state index contributed by atoms with van der Waals surface area (Å²) < 4.78 is 37.3. The summed E-state index contributed by atoms with van der Waals surface area (Å²) in [5, 5.41) is 12.1. The van der Waals surface area contributed by atoms with Gasteiger partial charge in [0.15, 0.2) is 11.9 Å². The molecule has 2 aromatic heterocycles. The van der Waals surface area contributed by atoms with Crippen molar-refractivity contribution < 1.29 is 28.0 Å². The molecule has 0 bridgehead atoms.